The SMILES string of the molecule is O=C(NCCCOC1CCCCC1)c1cccc(OCC2CCCO2)c1. The summed E-state index contributed by atoms with van der Waals surface area (Å²) in [6.45, 7) is 2.71. The largest absolute Gasteiger partial charge is 0.491 e. The second-order valence-corrected chi connectivity index (χ2v) is 7.21. The molecule has 0 bridgehead atoms. The average Bonchev–Trinajstić information content (AvgIpc) is 3.21. The van der Waals surface area contributed by atoms with Crippen LogP contribution in [0, 0.1) is 0 Å². The molecule has 2 fully saturated rings. The molecule has 1 aromatic rings. The van der Waals surface area contributed by atoms with Crippen molar-refractivity contribution >= 4 is 5.91 Å². The summed E-state index contributed by atoms with van der Waals surface area (Å²) < 4.78 is 17.2. The molecule has 26 heavy (non-hydrogen) atoms. The second-order valence-electron chi connectivity index (χ2n) is 7.21. The number of rotatable bonds is 9. The van der Waals surface area contributed by atoms with Gasteiger partial charge >= 0.3 is 0 Å². The van der Waals surface area contributed by atoms with E-state index in [0.717, 1.165) is 32.5 Å². The summed E-state index contributed by atoms with van der Waals surface area (Å²) in [5, 5.41) is 2.96. The van der Waals surface area contributed by atoms with Gasteiger partial charge in [0.05, 0.1) is 12.2 Å². The van der Waals surface area contributed by atoms with Crippen LogP contribution in [0.4, 0.5) is 0 Å². The maximum atomic E-state index is 12.3. The monoisotopic (exact) mass is 361 g/mol. The zero-order valence-electron chi connectivity index (χ0n) is 15.6. The number of amides is 1. The molecule has 1 aliphatic carbocycles. The lowest BCUT2D eigenvalue weighted by Gasteiger charge is -2.21. The van der Waals surface area contributed by atoms with Gasteiger partial charge in [0.1, 0.15) is 12.4 Å². The maximum absolute atomic E-state index is 12.3. The van der Waals surface area contributed by atoms with E-state index >= 15 is 0 Å². The van der Waals surface area contributed by atoms with Crippen molar-refractivity contribution in [3.63, 3.8) is 0 Å². The highest BCUT2D eigenvalue weighted by molar-refractivity contribution is 5.94. The summed E-state index contributed by atoms with van der Waals surface area (Å²) in [5.41, 5.74) is 0.628. The Balaban J connectivity index is 1.33. The molecule has 0 aromatic heterocycles. The van der Waals surface area contributed by atoms with E-state index in [4.69, 9.17) is 14.2 Å². The molecule has 3 rings (SSSR count). The van der Waals surface area contributed by atoms with Gasteiger partial charge in [-0.15, -0.1) is 0 Å². The normalized spacial score (nSPS) is 20.8. The Bertz CT molecular complexity index is 551. The van der Waals surface area contributed by atoms with Crippen LogP contribution in [-0.4, -0.2) is 44.5 Å². The number of carbonyl (C=O) groups is 1. The van der Waals surface area contributed by atoms with Gasteiger partial charge in [0.25, 0.3) is 5.91 Å². The molecule has 1 N–H and O–H groups in total. The summed E-state index contributed by atoms with van der Waals surface area (Å²) >= 11 is 0. The fourth-order valence-corrected chi connectivity index (χ4v) is 3.55. The molecule has 144 valence electrons. The highest BCUT2D eigenvalue weighted by Gasteiger charge is 2.16. The zero-order chi connectivity index (χ0) is 18.0. The van der Waals surface area contributed by atoms with E-state index in [1.54, 1.807) is 6.07 Å². The first kappa shape index (κ1) is 19.2. The Hall–Kier alpha value is -1.59. The third kappa shape index (κ3) is 6.29. The molecule has 1 heterocycles. The van der Waals surface area contributed by atoms with E-state index in [2.05, 4.69) is 5.32 Å². The van der Waals surface area contributed by atoms with Gasteiger partial charge in [0.15, 0.2) is 0 Å². The third-order valence-corrected chi connectivity index (χ3v) is 5.07. The molecular formula is C21H31NO4. The minimum atomic E-state index is -0.0646. The first-order valence-electron chi connectivity index (χ1n) is 10.1. The highest BCUT2D eigenvalue weighted by atomic mass is 16.5. The van der Waals surface area contributed by atoms with Crippen molar-refractivity contribution in [1.29, 1.82) is 0 Å². The Morgan fingerprint density at radius 1 is 1.15 bits per heavy atom. The molecule has 1 saturated heterocycles. The molecule has 1 amide bonds. The quantitative estimate of drug-likeness (QED) is 0.681. The summed E-state index contributed by atoms with van der Waals surface area (Å²) in [5.74, 6) is 0.652. The van der Waals surface area contributed by atoms with Crippen LogP contribution in [-0.2, 0) is 9.47 Å². The summed E-state index contributed by atoms with van der Waals surface area (Å²) in [6.07, 6.45) is 9.87. The molecule has 1 unspecified atom stereocenters. The average molecular weight is 361 g/mol. The van der Waals surface area contributed by atoms with Crippen LogP contribution in [0.1, 0.15) is 61.7 Å². The molecule has 0 radical (unpaired) electrons. The number of hydrogen-bond donors (Lipinski definition) is 1. The second kappa shape index (κ2) is 10.5. The Labute approximate surface area is 156 Å². The third-order valence-electron chi connectivity index (χ3n) is 5.07. The molecule has 1 saturated carbocycles. The van der Waals surface area contributed by atoms with Crippen LogP contribution in [0.25, 0.3) is 0 Å². The van der Waals surface area contributed by atoms with Crippen molar-refractivity contribution in [2.75, 3.05) is 26.4 Å². The van der Waals surface area contributed by atoms with Crippen molar-refractivity contribution in [3.8, 4) is 5.75 Å². The van der Waals surface area contributed by atoms with Gasteiger partial charge in [-0.1, -0.05) is 25.3 Å². The standard InChI is InChI=1S/C21H31NO4/c23-21(22-12-6-14-24-18-8-2-1-3-9-18)17-7-4-10-19(15-17)26-16-20-11-5-13-25-20/h4,7,10,15,18,20H,1-3,5-6,8-9,11-14,16H2,(H,22,23). The Kier molecular flexibility index (Phi) is 7.77. The van der Waals surface area contributed by atoms with E-state index < -0.39 is 0 Å². The molecule has 1 aromatic carbocycles. The molecule has 2 aliphatic rings. The molecule has 0 spiro atoms. The molecule has 1 atom stereocenters. The topological polar surface area (TPSA) is 56.8 Å². The lowest BCUT2D eigenvalue weighted by atomic mass is 9.98. The molecule has 5 nitrogen and oxygen atoms in total. The van der Waals surface area contributed by atoms with Crippen LogP contribution < -0.4 is 10.1 Å². The highest BCUT2D eigenvalue weighted by Crippen LogP contribution is 2.20. The van der Waals surface area contributed by atoms with Gasteiger partial charge in [-0.3, -0.25) is 4.79 Å². The lowest BCUT2D eigenvalue weighted by molar-refractivity contribution is 0.0273. The number of benzene rings is 1. The van der Waals surface area contributed by atoms with Crippen LogP contribution in [0.3, 0.4) is 0 Å². The van der Waals surface area contributed by atoms with Crippen molar-refractivity contribution in [1.82, 2.24) is 5.32 Å². The van der Waals surface area contributed by atoms with Gasteiger partial charge in [-0.2, -0.15) is 0 Å². The predicted molar refractivity (Wildman–Crippen MR) is 101 cm³/mol. The van der Waals surface area contributed by atoms with E-state index in [0.29, 0.717) is 30.6 Å². The van der Waals surface area contributed by atoms with Crippen molar-refractivity contribution in [2.45, 2.75) is 63.6 Å². The van der Waals surface area contributed by atoms with Gasteiger partial charge in [0, 0.05) is 25.3 Å². The minimum Gasteiger partial charge on any atom is -0.491 e. The smallest absolute Gasteiger partial charge is 0.251 e. The van der Waals surface area contributed by atoms with Gasteiger partial charge in [0.2, 0.25) is 0 Å². The van der Waals surface area contributed by atoms with Crippen molar-refractivity contribution in [3.05, 3.63) is 29.8 Å². The predicted octanol–water partition coefficient (Wildman–Crippen LogP) is 3.71. The Morgan fingerprint density at radius 3 is 2.85 bits per heavy atom. The van der Waals surface area contributed by atoms with E-state index in [1.165, 1.54) is 32.1 Å². The summed E-state index contributed by atoms with van der Waals surface area (Å²) in [6, 6.07) is 7.34. The van der Waals surface area contributed by atoms with Crippen LogP contribution in [0.5, 0.6) is 5.75 Å². The number of hydrogen-bond acceptors (Lipinski definition) is 4. The fourth-order valence-electron chi connectivity index (χ4n) is 3.55. The summed E-state index contributed by atoms with van der Waals surface area (Å²) in [4.78, 5) is 12.3. The first-order valence-corrected chi connectivity index (χ1v) is 10.1. The van der Waals surface area contributed by atoms with E-state index in [9.17, 15) is 4.79 Å². The number of carbonyl (C=O) groups excluding carboxylic acids is 1. The summed E-state index contributed by atoms with van der Waals surface area (Å²) in [7, 11) is 0. The minimum absolute atomic E-state index is 0.0646. The van der Waals surface area contributed by atoms with Gasteiger partial charge in [-0.05, 0) is 50.3 Å². The Morgan fingerprint density at radius 2 is 2.04 bits per heavy atom. The van der Waals surface area contributed by atoms with E-state index in [-0.39, 0.29) is 12.0 Å². The molecule has 5 heteroatoms. The number of nitrogens with one attached hydrogen (secondary N) is 1. The molecular weight excluding hydrogens is 330 g/mol. The maximum Gasteiger partial charge on any atom is 0.251 e. The van der Waals surface area contributed by atoms with Crippen LogP contribution in [0.15, 0.2) is 24.3 Å². The number of ether oxygens (including phenoxy) is 3. The van der Waals surface area contributed by atoms with Crippen LogP contribution >= 0.6 is 0 Å². The molecule has 1 aliphatic heterocycles. The van der Waals surface area contributed by atoms with Crippen molar-refractivity contribution < 1.29 is 19.0 Å². The van der Waals surface area contributed by atoms with Gasteiger partial charge in [-0.25, -0.2) is 0 Å². The lowest BCUT2D eigenvalue weighted by Crippen LogP contribution is -2.26. The van der Waals surface area contributed by atoms with Gasteiger partial charge < -0.3 is 19.5 Å². The fraction of sp³-hybridized carbons (Fsp3) is 0.667. The van der Waals surface area contributed by atoms with E-state index in [1.807, 2.05) is 18.2 Å². The van der Waals surface area contributed by atoms with Crippen LogP contribution in [0.2, 0.25) is 0 Å². The first-order chi connectivity index (χ1) is 12.8. The van der Waals surface area contributed by atoms with Crippen molar-refractivity contribution in [2.24, 2.45) is 0 Å². The zero-order valence-corrected chi connectivity index (χ0v) is 15.6.